The van der Waals surface area contributed by atoms with Crippen LogP contribution in [0.3, 0.4) is 0 Å². The van der Waals surface area contributed by atoms with Crippen molar-refractivity contribution < 1.29 is 14.8 Å². The van der Waals surface area contributed by atoms with Crippen LogP contribution in [0.4, 0.5) is 11.4 Å². The molecule has 6 nitrogen and oxygen atoms in total. The molecule has 4 rings (SSSR count). The van der Waals surface area contributed by atoms with Crippen LogP contribution in [0.2, 0.25) is 0 Å². The summed E-state index contributed by atoms with van der Waals surface area (Å²) in [5.41, 5.74) is 2.35. The molecule has 1 aliphatic heterocycles. The van der Waals surface area contributed by atoms with Gasteiger partial charge in [0.2, 0.25) is 0 Å². The molecule has 0 aromatic heterocycles. The number of rotatable bonds is 3. The van der Waals surface area contributed by atoms with Crippen molar-refractivity contribution in [1.82, 2.24) is 0 Å². The monoisotopic (exact) mass is 336 g/mol. The van der Waals surface area contributed by atoms with Gasteiger partial charge in [-0.1, -0.05) is 42.5 Å². The highest BCUT2D eigenvalue weighted by molar-refractivity contribution is 5.95. The van der Waals surface area contributed by atoms with Crippen molar-refractivity contribution in [3.05, 3.63) is 81.4 Å². The number of anilines is 1. The first-order chi connectivity index (χ1) is 12.1. The number of carboxylic acids is 1. The number of hydrogen-bond acceptors (Lipinski definition) is 4. The Morgan fingerprint density at radius 2 is 1.92 bits per heavy atom. The lowest BCUT2D eigenvalue weighted by Gasteiger charge is -2.37. The quantitative estimate of drug-likeness (QED) is 0.500. The van der Waals surface area contributed by atoms with Crippen LogP contribution in [0.25, 0.3) is 0 Å². The van der Waals surface area contributed by atoms with Crippen molar-refractivity contribution in [2.45, 2.75) is 18.4 Å². The largest absolute Gasteiger partial charge is 0.478 e. The molecule has 0 bridgehead atoms. The number of carboxylic acid groups (broad SMARTS) is 1. The number of carbonyl (C=O) groups is 1. The molecule has 0 unspecified atom stereocenters. The number of aromatic carboxylic acids is 1. The first-order valence-electron chi connectivity index (χ1n) is 8.10. The highest BCUT2D eigenvalue weighted by atomic mass is 16.6. The topological polar surface area (TPSA) is 92.5 Å². The lowest BCUT2D eigenvalue weighted by molar-refractivity contribution is -0.385. The van der Waals surface area contributed by atoms with E-state index in [-0.39, 0.29) is 34.1 Å². The third-order valence-electron chi connectivity index (χ3n) is 5.10. The number of nitro groups is 1. The molecule has 126 valence electrons. The van der Waals surface area contributed by atoms with E-state index in [1.807, 2.05) is 6.07 Å². The van der Waals surface area contributed by atoms with E-state index in [4.69, 9.17) is 0 Å². The van der Waals surface area contributed by atoms with Crippen LogP contribution in [0.1, 0.15) is 39.9 Å². The summed E-state index contributed by atoms with van der Waals surface area (Å²) in [4.78, 5) is 22.7. The Morgan fingerprint density at radius 1 is 1.16 bits per heavy atom. The number of benzene rings is 2. The van der Waals surface area contributed by atoms with E-state index in [1.165, 1.54) is 6.07 Å². The summed E-state index contributed by atoms with van der Waals surface area (Å²) < 4.78 is 0. The standard InChI is InChI=1S/C19H16N2O4/c22-19(23)15-9-4-8-13-11-6-3-7-12(11)17(20-18(13)15)14-5-1-2-10-16(14)21(24)25/h1-6,8-12,17,20H,7H2,(H,22,23)/t11-,12-,17+/m0/s1. The van der Waals surface area contributed by atoms with Gasteiger partial charge in [0.25, 0.3) is 5.69 Å². The molecule has 25 heavy (non-hydrogen) atoms. The van der Waals surface area contributed by atoms with Crippen molar-refractivity contribution in [3.63, 3.8) is 0 Å². The molecule has 1 aliphatic carbocycles. The average molecular weight is 336 g/mol. The number of fused-ring (bicyclic) bond motifs is 3. The number of nitrogens with zero attached hydrogens (tertiary/aromatic N) is 1. The summed E-state index contributed by atoms with van der Waals surface area (Å²) in [6.45, 7) is 0. The van der Waals surface area contributed by atoms with Gasteiger partial charge in [-0.05, 0) is 24.0 Å². The summed E-state index contributed by atoms with van der Waals surface area (Å²) in [7, 11) is 0. The molecule has 2 aromatic rings. The fraction of sp³-hybridized carbons (Fsp3) is 0.211. The first-order valence-corrected chi connectivity index (χ1v) is 8.10. The Labute approximate surface area is 144 Å². The second-order valence-electron chi connectivity index (χ2n) is 6.37. The van der Waals surface area contributed by atoms with Gasteiger partial charge in [-0.2, -0.15) is 0 Å². The summed E-state index contributed by atoms with van der Waals surface area (Å²) in [5, 5.41) is 24.3. The van der Waals surface area contributed by atoms with E-state index < -0.39 is 5.97 Å². The number of nitro benzene ring substituents is 1. The summed E-state index contributed by atoms with van der Waals surface area (Å²) >= 11 is 0. The van der Waals surface area contributed by atoms with Crippen molar-refractivity contribution in [3.8, 4) is 0 Å². The van der Waals surface area contributed by atoms with E-state index >= 15 is 0 Å². The Hall–Kier alpha value is -3.15. The Balaban J connectivity index is 1.88. The third-order valence-corrected chi connectivity index (χ3v) is 5.10. The average Bonchev–Trinajstić information content (AvgIpc) is 3.10. The first kappa shape index (κ1) is 15.4. The molecule has 2 aromatic carbocycles. The SMILES string of the molecule is O=C(O)c1cccc2c1N[C@@H](c1ccccc1[N+](=O)[O-])[C@H]1CC=C[C@H]21. The predicted molar refractivity (Wildman–Crippen MR) is 92.8 cm³/mol. The molecular weight excluding hydrogens is 320 g/mol. The zero-order valence-corrected chi connectivity index (χ0v) is 13.3. The van der Waals surface area contributed by atoms with E-state index in [0.29, 0.717) is 11.3 Å². The van der Waals surface area contributed by atoms with Crippen LogP contribution in [0.5, 0.6) is 0 Å². The predicted octanol–water partition coefficient (Wildman–Crippen LogP) is 4.12. The number of para-hydroxylation sites is 2. The molecule has 2 N–H and O–H groups in total. The molecule has 0 spiro atoms. The fourth-order valence-corrected chi connectivity index (χ4v) is 4.02. The van der Waals surface area contributed by atoms with Crippen molar-refractivity contribution in [2.24, 2.45) is 5.92 Å². The maximum Gasteiger partial charge on any atom is 0.337 e. The lowest BCUT2D eigenvalue weighted by Crippen LogP contribution is -2.30. The zero-order valence-electron chi connectivity index (χ0n) is 13.3. The van der Waals surface area contributed by atoms with Gasteiger partial charge in [-0.15, -0.1) is 0 Å². The number of hydrogen-bond donors (Lipinski definition) is 2. The normalized spacial score (nSPS) is 23.4. The molecule has 1 heterocycles. The fourth-order valence-electron chi connectivity index (χ4n) is 4.02. The zero-order chi connectivity index (χ0) is 17.6. The van der Waals surface area contributed by atoms with Crippen molar-refractivity contribution in [1.29, 1.82) is 0 Å². The maximum absolute atomic E-state index is 11.6. The van der Waals surface area contributed by atoms with Crippen LogP contribution >= 0.6 is 0 Å². The molecule has 0 saturated carbocycles. The van der Waals surface area contributed by atoms with E-state index in [2.05, 4.69) is 17.5 Å². The Morgan fingerprint density at radius 3 is 2.68 bits per heavy atom. The van der Waals surface area contributed by atoms with Gasteiger partial charge < -0.3 is 10.4 Å². The second-order valence-corrected chi connectivity index (χ2v) is 6.37. The lowest BCUT2D eigenvalue weighted by atomic mass is 9.76. The number of nitrogens with one attached hydrogen (secondary N) is 1. The second kappa shape index (κ2) is 5.73. The van der Waals surface area contributed by atoms with Crippen LogP contribution < -0.4 is 5.32 Å². The van der Waals surface area contributed by atoms with Crippen molar-refractivity contribution >= 4 is 17.3 Å². The highest BCUT2D eigenvalue weighted by Gasteiger charge is 2.41. The minimum atomic E-state index is -1.01. The van der Waals surface area contributed by atoms with E-state index in [9.17, 15) is 20.0 Å². The summed E-state index contributed by atoms with van der Waals surface area (Å²) in [5.74, 6) is -0.830. The summed E-state index contributed by atoms with van der Waals surface area (Å²) in [6, 6.07) is 11.6. The maximum atomic E-state index is 11.6. The summed E-state index contributed by atoms with van der Waals surface area (Å²) in [6.07, 6.45) is 4.95. The minimum absolute atomic E-state index is 0.0559. The third kappa shape index (κ3) is 2.38. The molecule has 3 atom stereocenters. The highest BCUT2D eigenvalue weighted by Crippen LogP contribution is 2.51. The Kier molecular flexibility index (Phi) is 3.53. The van der Waals surface area contributed by atoms with Crippen LogP contribution in [0, 0.1) is 16.0 Å². The van der Waals surface area contributed by atoms with E-state index in [0.717, 1.165) is 12.0 Å². The van der Waals surface area contributed by atoms with E-state index in [1.54, 1.807) is 30.3 Å². The molecule has 6 heteroatoms. The van der Waals surface area contributed by atoms with Gasteiger partial charge in [0.15, 0.2) is 0 Å². The van der Waals surface area contributed by atoms with Gasteiger partial charge in [-0.25, -0.2) is 4.79 Å². The Bertz CT molecular complexity index is 906. The van der Waals surface area contributed by atoms with Crippen LogP contribution in [0.15, 0.2) is 54.6 Å². The molecule has 0 amide bonds. The van der Waals surface area contributed by atoms with Crippen LogP contribution in [-0.4, -0.2) is 16.0 Å². The molecule has 0 radical (unpaired) electrons. The van der Waals surface area contributed by atoms with Gasteiger partial charge >= 0.3 is 5.97 Å². The van der Waals surface area contributed by atoms with Crippen LogP contribution in [-0.2, 0) is 0 Å². The van der Waals surface area contributed by atoms with Crippen molar-refractivity contribution in [2.75, 3.05) is 5.32 Å². The molecule has 0 saturated heterocycles. The smallest absolute Gasteiger partial charge is 0.337 e. The van der Waals surface area contributed by atoms with Gasteiger partial charge in [0.05, 0.1) is 27.8 Å². The number of allylic oxidation sites excluding steroid dienone is 2. The molecular formula is C19H16N2O4. The molecule has 2 aliphatic rings. The van der Waals surface area contributed by atoms with Gasteiger partial charge in [-0.3, -0.25) is 10.1 Å². The molecule has 0 fully saturated rings. The van der Waals surface area contributed by atoms with Gasteiger partial charge in [0.1, 0.15) is 0 Å². The van der Waals surface area contributed by atoms with Gasteiger partial charge in [0, 0.05) is 12.0 Å². The minimum Gasteiger partial charge on any atom is -0.478 e.